The number of ether oxygens (including phenoxy) is 1. The average molecular weight is 285 g/mol. The molecule has 1 N–H and O–H groups in total. The van der Waals surface area contributed by atoms with Crippen molar-refractivity contribution in [3.8, 4) is 5.75 Å². The van der Waals surface area contributed by atoms with Crippen molar-refractivity contribution >= 4 is 11.7 Å². The third kappa shape index (κ3) is 3.99. The van der Waals surface area contributed by atoms with E-state index in [1.54, 1.807) is 7.11 Å². The minimum absolute atomic E-state index is 0.0582. The molecule has 21 heavy (non-hydrogen) atoms. The molecule has 0 radical (unpaired) electrons. The fraction of sp³-hybridized carbons (Fsp3) is 0.235. The van der Waals surface area contributed by atoms with E-state index in [0.29, 0.717) is 0 Å². The predicted molar refractivity (Wildman–Crippen MR) is 82.9 cm³/mol. The lowest BCUT2D eigenvalue weighted by atomic mass is 10.1. The second-order valence-electron chi connectivity index (χ2n) is 4.91. The topological polar surface area (TPSA) is 49.8 Å². The molecule has 0 saturated carbocycles. The van der Waals surface area contributed by atoms with Gasteiger partial charge in [0.1, 0.15) is 5.75 Å². The van der Waals surface area contributed by atoms with Crippen LogP contribution in [-0.2, 0) is 17.8 Å². The standard InChI is InChI=1S/C17H19NO3/c1-18(15-5-3-4-6-16(15)21-2)12-14-9-7-13(8-10-14)11-17(19)20/h3-10H,11-12H2,1-2H3,(H,19,20). The van der Waals surface area contributed by atoms with Crippen molar-refractivity contribution in [3.63, 3.8) is 0 Å². The van der Waals surface area contributed by atoms with E-state index in [4.69, 9.17) is 9.84 Å². The van der Waals surface area contributed by atoms with E-state index in [9.17, 15) is 4.79 Å². The molecule has 0 aliphatic heterocycles. The quantitative estimate of drug-likeness (QED) is 0.886. The van der Waals surface area contributed by atoms with Crippen LogP contribution in [-0.4, -0.2) is 25.2 Å². The average Bonchev–Trinajstić information content (AvgIpc) is 2.48. The highest BCUT2D eigenvalue weighted by molar-refractivity contribution is 5.70. The summed E-state index contributed by atoms with van der Waals surface area (Å²) in [6, 6.07) is 15.5. The first-order valence-electron chi connectivity index (χ1n) is 6.74. The highest BCUT2D eigenvalue weighted by Crippen LogP contribution is 2.27. The van der Waals surface area contributed by atoms with E-state index in [1.807, 2.05) is 55.6 Å². The summed E-state index contributed by atoms with van der Waals surface area (Å²) in [4.78, 5) is 12.8. The second kappa shape index (κ2) is 6.79. The zero-order valence-corrected chi connectivity index (χ0v) is 12.2. The molecule has 0 spiro atoms. The van der Waals surface area contributed by atoms with Gasteiger partial charge in [-0.25, -0.2) is 0 Å². The molecule has 0 aromatic heterocycles. The van der Waals surface area contributed by atoms with Crippen molar-refractivity contribution in [3.05, 3.63) is 59.7 Å². The fourth-order valence-electron chi connectivity index (χ4n) is 2.24. The lowest BCUT2D eigenvalue weighted by molar-refractivity contribution is -0.136. The van der Waals surface area contributed by atoms with Crippen LogP contribution in [0.1, 0.15) is 11.1 Å². The summed E-state index contributed by atoms with van der Waals surface area (Å²) in [6.07, 6.45) is 0.0582. The Balaban J connectivity index is 2.08. The number of methoxy groups -OCH3 is 1. The minimum Gasteiger partial charge on any atom is -0.495 e. The lowest BCUT2D eigenvalue weighted by Gasteiger charge is -2.21. The highest BCUT2D eigenvalue weighted by atomic mass is 16.5. The van der Waals surface area contributed by atoms with Gasteiger partial charge in [0, 0.05) is 13.6 Å². The van der Waals surface area contributed by atoms with Crippen LogP contribution < -0.4 is 9.64 Å². The first-order chi connectivity index (χ1) is 10.1. The maximum atomic E-state index is 10.7. The molecule has 0 aliphatic rings. The molecule has 0 bridgehead atoms. The number of anilines is 1. The van der Waals surface area contributed by atoms with Gasteiger partial charge in [-0.05, 0) is 23.3 Å². The molecule has 0 fully saturated rings. The van der Waals surface area contributed by atoms with E-state index in [1.165, 1.54) is 0 Å². The summed E-state index contributed by atoms with van der Waals surface area (Å²) >= 11 is 0. The number of hydrogen-bond acceptors (Lipinski definition) is 3. The smallest absolute Gasteiger partial charge is 0.307 e. The Hall–Kier alpha value is -2.49. The van der Waals surface area contributed by atoms with Crippen LogP contribution >= 0.6 is 0 Å². The fourth-order valence-corrected chi connectivity index (χ4v) is 2.24. The van der Waals surface area contributed by atoms with Gasteiger partial charge in [-0.2, -0.15) is 0 Å². The molecule has 0 atom stereocenters. The van der Waals surface area contributed by atoms with Crippen LogP contribution in [0.15, 0.2) is 48.5 Å². The minimum atomic E-state index is -0.811. The molecular weight excluding hydrogens is 266 g/mol. The van der Waals surface area contributed by atoms with Gasteiger partial charge >= 0.3 is 5.97 Å². The number of carbonyl (C=O) groups is 1. The predicted octanol–water partition coefficient (Wildman–Crippen LogP) is 2.96. The number of aliphatic carboxylic acids is 1. The van der Waals surface area contributed by atoms with Gasteiger partial charge in [0.2, 0.25) is 0 Å². The maximum absolute atomic E-state index is 10.7. The van der Waals surface area contributed by atoms with Gasteiger partial charge < -0.3 is 14.7 Å². The third-order valence-electron chi connectivity index (χ3n) is 3.29. The molecule has 0 amide bonds. The van der Waals surface area contributed by atoms with Gasteiger partial charge in [-0.1, -0.05) is 36.4 Å². The van der Waals surface area contributed by atoms with Crippen LogP contribution in [0.5, 0.6) is 5.75 Å². The van der Waals surface area contributed by atoms with E-state index in [2.05, 4.69) is 4.90 Å². The van der Waals surface area contributed by atoms with Crippen molar-refractivity contribution in [1.82, 2.24) is 0 Å². The molecule has 2 rings (SSSR count). The number of para-hydroxylation sites is 2. The summed E-state index contributed by atoms with van der Waals surface area (Å²) in [6.45, 7) is 0.730. The lowest BCUT2D eigenvalue weighted by Crippen LogP contribution is -2.17. The van der Waals surface area contributed by atoms with Crippen molar-refractivity contribution < 1.29 is 14.6 Å². The van der Waals surface area contributed by atoms with Gasteiger partial charge in [-0.15, -0.1) is 0 Å². The Morgan fingerprint density at radius 1 is 1.10 bits per heavy atom. The van der Waals surface area contributed by atoms with Gasteiger partial charge in [0.15, 0.2) is 0 Å². The Morgan fingerprint density at radius 3 is 2.33 bits per heavy atom. The Morgan fingerprint density at radius 2 is 1.71 bits per heavy atom. The van der Waals surface area contributed by atoms with Crippen molar-refractivity contribution in [2.45, 2.75) is 13.0 Å². The number of rotatable bonds is 6. The zero-order valence-electron chi connectivity index (χ0n) is 12.2. The molecule has 4 nitrogen and oxygen atoms in total. The van der Waals surface area contributed by atoms with E-state index in [-0.39, 0.29) is 6.42 Å². The Labute approximate surface area is 124 Å². The normalized spacial score (nSPS) is 10.2. The van der Waals surface area contributed by atoms with Gasteiger partial charge in [-0.3, -0.25) is 4.79 Å². The molecule has 0 heterocycles. The van der Waals surface area contributed by atoms with Crippen molar-refractivity contribution in [1.29, 1.82) is 0 Å². The molecule has 0 saturated heterocycles. The molecule has 2 aromatic rings. The van der Waals surface area contributed by atoms with Crippen molar-refractivity contribution in [2.24, 2.45) is 0 Å². The number of hydrogen-bond donors (Lipinski definition) is 1. The summed E-state index contributed by atoms with van der Waals surface area (Å²) in [7, 11) is 3.66. The largest absolute Gasteiger partial charge is 0.495 e. The number of carboxylic acids is 1. The maximum Gasteiger partial charge on any atom is 0.307 e. The molecule has 110 valence electrons. The van der Waals surface area contributed by atoms with Crippen LogP contribution in [0, 0.1) is 0 Å². The monoisotopic (exact) mass is 285 g/mol. The van der Waals surface area contributed by atoms with Crippen LogP contribution in [0.3, 0.4) is 0 Å². The van der Waals surface area contributed by atoms with Crippen LogP contribution in [0.25, 0.3) is 0 Å². The van der Waals surface area contributed by atoms with Crippen molar-refractivity contribution in [2.75, 3.05) is 19.1 Å². The number of nitrogens with zero attached hydrogens (tertiary/aromatic N) is 1. The SMILES string of the molecule is COc1ccccc1N(C)Cc1ccc(CC(=O)O)cc1. The molecular formula is C17H19NO3. The first-order valence-corrected chi connectivity index (χ1v) is 6.74. The summed E-state index contributed by atoms with van der Waals surface area (Å²) in [5.41, 5.74) is 2.96. The summed E-state index contributed by atoms with van der Waals surface area (Å²) < 4.78 is 5.36. The van der Waals surface area contributed by atoms with E-state index in [0.717, 1.165) is 29.1 Å². The first kappa shape index (κ1) is 14.9. The molecule has 4 heteroatoms. The molecule has 0 unspecified atom stereocenters. The van der Waals surface area contributed by atoms with Crippen LogP contribution in [0.2, 0.25) is 0 Å². The number of benzene rings is 2. The van der Waals surface area contributed by atoms with Gasteiger partial charge in [0.05, 0.1) is 19.2 Å². The Bertz CT molecular complexity index is 608. The summed E-state index contributed by atoms with van der Waals surface area (Å²) in [5, 5.41) is 8.77. The summed E-state index contributed by atoms with van der Waals surface area (Å²) in [5.74, 6) is 0.0244. The number of carboxylic acid groups (broad SMARTS) is 1. The third-order valence-corrected chi connectivity index (χ3v) is 3.29. The molecule has 0 aliphatic carbocycles. The highest BCUT2D eigenvalue weighted by Gasteiger charge is 2.08. The molecule has 2 aromatic carbocycles. The zero-order chi connectivity index (χ0) is 15.2. The second-order valence-corrected chi connectivity index (χ2v) is 4.91. The van der Waals surface area contributed by atoms with E-state index < -0.39 is 5.97 Å². The van der Waals surface area contributed by atoms with Crippen LogP contribution in [0.4, 0.5) is 5.69 Å². The Kier molecular flexibility index (Phi) is 4.82. The van der Waals surface area contributed by atoms with Gasteiger partial charge in [0.25, 0.3) is 0 Å². The van der Waals surface area contributed by atoms with E-state index >= 15 is 0 Å².